The Labute approximate surface area is 250 Å². The highest BCUT2D eigenvalue weighted by atomic mass is 19.1. The molecule has 1 aliphatic rings. The molecule has 1 fully saturated rings. The van der Waals surface area contributed by atoms with Crippen molar-refractivity contribution < 1.29 is 18.7 Å². The molecule has 9 heteroatoms. The normalized spacial score (nSPS) is 19.2. The Morgan fingerprint density at radius 1 is 1.12 bits per heavy atom. The largest absolute Gasteiger partial charge is 0.444 e. The first-order valence-electron chi connectivity index (χ1n) is 15.0. The number of aromatic nitrogens is 1. The molecular formula is C33H49FN4O4. The van der Waals surface area contributed by atoms with Gasteiger partial charge in [-0.1, -0.05) is 13.8 Å². The third kappa shape index (κ3) is 7.16. The summed E-state index contributed by atoms with van der Waals surface area (Å²) >= 11 is 0. The fraction of sp³-hybridized carbons (Fsp3) is 0.606. The highest BCUT2D eigenvalue weighted by Gasteiger charge is 2.38. The summed E-state index contributed by atoms with van der Waals surface area (Å²) in [5.74, 6) is -0.819. The van der Waals surface area contributed by atoms with Crippen LogP contribution in [0.5, 0.6) is 0 Å². The van der Waals surface area contributed by atoms with Crippen molar-refractivity contribution in [3.8, 4) is 0 Å². The van der Waals surface area contributed by atoms with Crippen LogP contribution in [0.2, 0.25) is 0 Å². The van der Waals surface area contributed by atoms with Crippen molar-refractivity contribution in [2.24, 2.45) is 7.05 Å². The summed E-state index contributed by atoms with van der Waals surface area (Å²) in [4.78, 5) is 43.4. The Morgan fingerprint density at radius 2 is 1.71 bits per heavy atom. The van der Waals surface area contributed by atoms with Crippen LogP contribution in [0.15, 0.2) is 23.0 Å². The molecule has 0 spiro atoms. The van der Waals surface area contributed by atoms with Crippen LogP contribution in [0, 0.1) is 19.7 Å². The van der Waals surface area contributed by atoms with Crippen LogP contribution in [0.4, 0.5) is 14.9 Å². The van der Waals surface area contributed by atoms with E-state index in [1.807, 2.05) is 75.3 Å². The summed E-state index contributed by atoms with van der Waals surface area (Å²) in [5, 5.41) is 2.89. The average Bonchev–Trinajstić information content (AvgIpc) is 2.87. The third-order valence-corrected chi connectivity index (χ3v) is 8.31. The number of anilines is 1. The van der Waals surface area contributed by atoms with E-state index in [1.54, 1.807) is 16.5 Å². The minimum atomic E-state index is -0.582. The Morgan fingerprint density at radius 3 is 2.24 bits per heavy atom. The van der Waals surface area contributed by atoms with E-state index in [0.29, 0.717) is 36.2 Å². The zero-order chi connectivity index (χ0) is 31.7. The number of benzene rings is 1. The number of pyridine rings is 1. The molecule has 8 nitrogen and oxygen atoms in total. The number of piperidine rings is 1. The molecule has 2 heterocycles. The standard InChI is InChI=1S/C33H49FN4O4/c1-12-37(25-13-21(5)38(22(6)14-25)32(41)42-33(8,9)10)29-17-24(34)16-27(23(29)7)30(39)35-18-28-26(19(2)3)15-20(4)36(11)31(28)40/h15-17,19,21-22,25H,12-14,18H2,1-11H3,(H,35,39)/t21-,22-/m1/s1. The molecule has 0 unspecified atom stereocenters. The van der Waals surface area contributed by atoms with Crippen LogP contribution >= 0.6 is 0 Å². The summed E-state index contributed by atoms with van der Waals surface area (Å²) in [7, 11) is 1.72. The Kier molecular flexibility index (Phi) is 10.2. The van der Waals surface area contributed by atoms with Gasteiger partial charge < -0.3 is 24.4 Å². The number of halogens is 1. The van der Waals surface area contributed by atoms with E-state index in [4.69, 9.17) is 4.74 Å². The first-order valence-corrected chi connectivity index (χ1v) is 15.0. The van der Waals surface area contributed by atoms with E-state index in [-0.39, 0.29) is 47.8 Å². The molecule has 2 amide bonds. The van der Waals surface area contributed by atoms with Gasteiger partial charge in [0.05, 0.1) is 0 Å². The molecule has 2 aromatic rings. The monoisotopic (exact) mass is 584 g/mol. The number of amides is 2. The van der Waals surface area contributed by atoms with Crippen LogP contribution in [0.1, 0.15) is 107 Å². The SMILES string of the molecule is CCN(c1cc(F)cc(C(=O)NCc2c(C(C)C)cc(C)n(C)c2=O)c1C)C1C[C@@H](C)N(C(=O)OC(C)(C)C)[C@H](C)C1. The second kappa shape index (κ2) is 12.9. The zero-order valence-electron chi connectivity index (χ0n) is 27.2. The highest BCUT2D eigenvalue weighted by molar-refractivity contribution is 5.97. The minimum Gasteiger partial charge on any atom is -0.444 e. The van der Waals surface area contributed by atoms with Gasteiger partial charge in [0.15, 0.2) is 0 Å². The van der Waals surface area contributed by atoms with Crippen molar-refractivity contribution in [1.82, 2.24) is 14.8 Å². The minimum absolute atomic E-state index is 0.0410. The van der Waals surface area contributed by atoms with Crippen LogP contribution in [0.25, 0.3) is 0 Å². The number of rotatable bonds is 7. The fourth-order valence-corrected chi connectivity index (χ4v) is 6.15. The van der Waals surface area contributed by atoms with E-state index in [0.717, 1.165) is 11.3 Å². The van der Waals surface area contributed by atoms with E-state index in [2.05, 4.69) is 10.2 Å². The van der Waals surface area contributed by atoms with Crippen LogP contribution in [-0.4, -0.2) is 51.7 Å². The van der Waals surface area contributed by atoms with Gasteiger partial charge >= 0.3 is 6.09 Å². The predicted molar refractivity (Wildman–Crippen MR) is 166 cm³/mol. The van der Waals surface area contributed by atoms with Crippen molar-refractivity contribution in [2.75, 3.05) is 11.4 Å². The van der Waals surface area contributed by atoms with E-state index in [9.17, 15) is 14.4 Å². The second-order valence-electron chi connectivity index (χ2n) is 13.0. The average molecular weight is 585 g/mol. The van der Waals surface area contributed by atoms with Gasteiger partial charge in [-0.25, -0.2) is 9.18 Å². The molecule has 1 aromatic carbocycles. The highest BCUT2D eigenvalue weighted by Crippen LogP contribution is 2.34. The Balaban J connectivity index is 1.87. The maximum absolute atomic E-state index is 15.1. The number of nitrogens with zero attached hydrogens (tertiary/aromatic N) is 3. The number of hydrogen-bond donors (Lipinski definition) is 1. The summed E-state index contributed by atoms with van der Waals surface area (Å²) in [6.45, 7) is 20.0. The van der Waals surface area contributed by atoms with Crippen molar-refractivity contribution >= 4 is 17.7 Å². The van der Waals surface area contributed by atoms with Crippen molar-refractivity contribution in [3.05, 3.63) is 62.3 Å². The first kappa shape index (κ1) is 33.1. The lowest BCUT2D eigenvalue weighted by molar-refractivity contribution is -0.00252. The molecule has 3 rings (SSSR count). The molecule has 232 valence electrons. The summed E-state index contributed by atoms with van der Waals surface area (Å²) in [6, 6.07) is 4.61. The lowest BCUT2D eigenvalue weighted by Crippen LogP contribution is -2.56. The summed E-state index contributed by atoms with van der Waals surface area (Å²) < 4.78 is 22.3. The predicted octanol–water partition coefficient (Wildman–Crippen LogP) is 6.20. The molecule has 0 saturated carbocycles. The number of likely N-dealkylation sites (tertiary alicyclic amines) is 1. The van der Waals surface area contributed by atoms with Gasteiger partial charge in [-0.3, -0.25) is 9.59 Å². The topological polar surface area (TPSA) is 83.9 Å². The summed E-state index contributed by atoms with van der Waals surface area (Å²) in [5.41, 5.74) is 3.13. The van der Waals surface area contributed by atoms with E-state index >= 15 is 4.39 Å². The van der Waals surface area contributed by atoms with Gasteiger partial charge in [-0.2, -0.15) is 0 Å². The van der Waals surface area contributed by atoms with Crippen molar-refractivity contribution in [2.45, 2.75) is 118 Å². The zero-order valence-corrected chi connectivity index (χ0v) is 27.2. The van der Waals surface area contributed by atoms with E-state index in [1.165, 1.54) is 12.1 Å². The smallest absolute Gasteiger partial charge is 0.410 e. The maximum Gasteiger partial charge on any atom is 0.410 e. The molecule has 1 aromatic heterocycles. The third-order valence-electron chi connectivity index (χ3n) is 8.31. The van der Waals surface area contributed by atoms with Crippen LogP contribution in [0.3, 0.4) is 0 Å². The van der Waals surface area contributed by atoms with Gasteiger partial charge in [-0.15, -0.1) is 0 Å². The molecule has 1 saturated heterocycles. The van der Waals surface area contributed by atoms with Gasteiger partial charge in [0.1, 0.15) is 11.4 Å². The van der Waals surface area contributed by atoms with Gasteiger partial charge in [0.25, 0.3) is 11.5 Å². The first-order chi connectivity index (χ1) is 19.5. The molecule has 0 radical (unpaired) electrons. The Bertz CT molecular complexity index is 1370. The quantitative estimate of drug-likeness (QED) is 0.419. The number of hydrogen-bond acceptors (Lipinski definition) is 5. The summed E-state index contributed by atoms with van der Waals surface area (Å²) in [6.07, 6.45) is 1.04. The number of aryl methyl sites for hydroxylation is 1. The van der Waals surface area contributed by atoms with Crippen LogP contribution in [-0.2, 0) is 18.3 Å². The second-order valence-corrected chi connectivity index (χ2v) is 13.0. The molecule has 0 aliphatic carbocycles. The maximum atomic E-state index is 15.1. The van der Waals surface area contributed by atoms with Crippen molar-refractivity contribution in [1.29, 1.82) is 0 Å². The van der Waals surface area contributed by atoms with Gasteiger partial charge in [0, 0.05) is 60.8 Å². The lowest BCUT2D eigenvalue weighted by atomic mass is 9.90. The van der Waals surface area contributed by atoms with E-state index < -0.39 is 17.3 Å². The number of carbonyl (C=O) groups excluding carboxylic acids is 2. The lowest BCUT2D eigenvalue weighted by Gasteiger charge is -2.47. The van der Waals surface area contributed by atoms with Gasteiger partial charge in [-0.05, 0) is 103 Å². The molecular weight excluding hydrogens is 535 g/mol. The fourth-order valence-electron chi connectivity index (χ4n) is 6.15. The molecule has 2 atom stereocenters. The molecule has 0 bridgehead atoms. The van der Waals surface area contributed by atoms with Crippen LogP contribution < -0.4 is 15.8 Å². The molecule has 1 N–H and O–H groups in total. The molecule has 1 aliphatic heterocycles. The number of carbonyl (C=O) groups is 2. The van der Waals surface area contributed by atoms with Crippen molar-refractivity contribution in [3.63, 3.8) is 0 Å². The number of ether oxygens (including phenoxy) is 1. The number of nitrogens with one attached hydrogen (secondary N) is 1. The van der Waals surface area contributed by atoms with Gasteiger partial charge in [0.2, 0.25) is 0 Å². The molecule has 42 heavy (non-hydrogen) atoms. The Hall–Kier alpha value is -3.36.